The largest absolute Gasteiger partial charge is 0.573 e. The highest BCUT2D eigenvalue weighted by atomic mass is 19.4. The van der Waals surface area contributed by atoms with E-state index in [1.54, 1.807) is 6.07 Å². The monoisotopic (exact) mass is 442 g/mol. The molecule has 0 N–H and O–H groups in total. The Morgan fingerprint density at radius 3 is 2.16 bits per heavy atom. The average Bonchev–Trinajstić information content (AvgIpc) is 2.74. The van der Waals surface area contributed by atoms with Gasteiger partial charge in [0, 0.05) is 0 Å². The molecule has 1 fully saturated rings. The number of unbranched alkanes of at least 4 members (excludes halogenated alkanes) is 4. The van der Waals surface area contributed by atoms with Crippen LogP contribution in [0.4, 0.5) is 17.6 Å². The second kappa shape index (κ2) is 11.6. The van der Waals surface area contributed by atoms with Crippen LogP contribution in [0.1, 0.15) is 102 Å². The maximum Gasteiger partial charge on any atom is 0.573 e. The SMILES string of the molecule is CCCCCCCC1CCC(CCC2CCc3c(ccc(OC(F)(F)F)c3F)C2)CC1. The summed E-state index contributed by atoms with van der Waals surface area (Å²) in [4.78, 5) is 0. The van der Waals surface area contributed by atoms with Crippen molar-refractivity contribution in [3.63, 3.8) is 0 Å². The van der Waals surface area contributed by atoms with Crippen LogP contribution in [0.25, 0.3) is 0 Å². The van der Waals surface area contributed by atoms with E-state index in [0.717, 1.165) is 42.7 Å². The molecule has 3 rings (SSSR count). The van der Waals surface area contributed by atoms with Gasteiger partial charge >= 0.3 is 6.36 Å². The number of ether oxygens (including phenoxy) is 1. The van der Waals surface area contributed by atoms with Crippen LogP contribution in [0.15, 0.2) is 12.1 Å². The number of rotatable bonds is 10. The molecule has 0 aliphatic heterocycles. The number of hydrogen-bond acceptors (Lipinski definition) is 1. The number of fused-ring (bicyclic) bond motifs is 1. The molecular formula is C26H38F4O. The summed E-state index contributed by atoms with van der Waals surface area (Å²) in [5, 5.41) is 0. The summed E-state index contributed by atoms with van der Waals surface area (Å²) in [5.74, 6) is 0.721. The first-order valence-electron chi connectivity index (χ1n) is 12.4. The van der Waals surface area contributed by atoms with E-state index in [4.69, 9.17) is 0 Å². The molecule has 0 bridgehead atoms. The lowest BCUT2D eigenvalue weighted by molar-refractivity contribution is -0.275. The molecule has 0 saturated heterocycles. The van der Waals surface area contributed by atoms with Crippen LogP contribution in [0.2, 0.25) is 0 Å². The van der Waals surface area contributed by atoms with Crippen molar-refractivity contribution in [2.24, 2.45) is 17.8 Å². The number of halogens is 4. The summed E-state index contributed by atoms with van der Waals surface area (Å²) < 4.78 is 55.6. The minimum atomic E-state index is -4.86. The summed E-state index contributed by atoms with van der Waals surface area (Å²) in [7, 11) is 0. The Balaban J connectivity index is 1.38. The van der Waals surface area contributed by atoms with E-state index >= 15 is 0 Å². The van der Waals surface area contributed by atoms with E-state index in [1.807, 2.05) is 0 Å². The Hall–Kier alpha value is -1.26. The maximum atomic E-state index is 14.4. The van der Waals surface area contributed by atoms with Gasteiger partial charge in [-0.05, 0) is 60.6 Å². The molecule has 1 aromatic carbocycles. The van der Waals surface area contributed by atoms with Crippen LogP contribution >= 0.6 is 0 Å². The molecule has 0 radical (unpaired) electrons. The Labute approximate surface area is 184 Å². The van der Waals surface area contributed by atoms with E-state index in [1.165, 1.54) is 70.6 Å². The van der Waals surface area contributed by atoms with Gasteiger partial charge in [-0.2, -0.15) is 0 Å². The summed E-state index contributed by atoms with van der Waals surface area (Å²) in [5.41, 5.74) is 1.27. The maximum absolute atomic E-state index is 14.4. The topological polar surface area (TPSA) is 9.23 Å². The van der Waals surface area contributed by atoms with Gasteiger partial charge < -0.3 is 4.74 Å². The fourth-order valence-electron chi connectivity index (χ4n) is 5.63. The van der Waals surface area contributed by atoms with Crippen molar-refractivity contribution in [1.82, 2.24) is 0 Å². The molecule has 2 aliphatic rings. The van der Waals surface area contributed by atoms with Gasteiger partial charge in [-0.25, -0.2) is 4.39 Å². The molecule has 1 nitrogen and oxygen atoms in total. The molecule has 176 valence electrons. The molecule has 5 heteroatoms. The first-order valence-corrected chi connectivity index (χ1v) is 12.4. The molecule has 0 heterocycles. The molecule has 1 atom stereocenters. The number of hydrogen-bond donors (Lipinski definition) is 0. The van der Waals surface area contributed by atoms with Gasteiger partial charge in [-0.3, -0.25) is 0 Å². The number of benzene rings is 1. The van der Waals surface area contributed by atoms with Crippen LogP contribution in [0.3, 0.4) is 0 Å². The van der Waals surface area contributed by atoms with Crippen molar-refractivity contribution in [2.45, 2.75) is 110 Å². The Morgan fingerprint density at radius 1 is 0.839 bits per heavy atom. The molecule has 31 heavy (non-hydrogen) atoms. The van der Waals surface area contributed by atoms with Gasteiger partial charge in [0.25, 0.3) is 0 Å². The van der Waals surface area contributed by atoms with E-state index < -0.39 is 17.9 Å². The second-order valence-corrected chi connectivity index (χ2v) is 9.84. The molecule has 0 spiro atoms. The quantitative estimate of drug-likeness (QED) is 0.260. The molecule has 0 aromatic heterocycles. The Morgan fingerprint density at radius 2 is 1.48 bits per heavy atom. The minimum Gasteiger partial charge on any atom is -0.403 e. The standard InChI is InChI=1S/C26H38F4O/c1-2-3-4-5-6-7-19-8-10-20(11-9-19)12-13-21-14-16-23-22(18-21)15-17-24(25(23)27)31-26(28,29)30/h15,17,19-21H,2-14,16,18H2,1H3. The fourth-order valence-corrected chi connectivity index (χ4v) is 5.63. The van der Waals surface area contributed by atoms with Gasteiger partial charge in [0.05, 0.1) is 0 Å². The zero-order valence-electron chi connectivity index (χ0n) is 18.9. The highest BCUT2D eigenvalue weighted by Gasteiger charge is 2.34. The summed E-state index contributed by atoms with van der Waals surface area (Å²) in [6.45, 7) is 2.26. The van der Waals surface area contributed by atoms with Gasteiger partial charge in [0.2, 0.25) is 0 Å². The van der Waals surface area contributed by atoms with Crippen LogP contribution < -0.4 is 4.74 Å². The lowest BCUT2D eigenvalue weighted by Gasteiger charge is -2.31. The Kier molecular flexibility index (Phi) is 9.09. The normalized spacial score (nSPS) is 24.1. The van der Waals surface area contributed by atoms with Crippen molar-refractivity contribution < 1.29 is 22.3 Å². The van der Waals surface area contributed by atoms with Gasteiger partial charge in [-0.1, -0.05) is 83.6 Å². The predicted octanol–water partition coefficient (Wildman–Crippen LogP) is 8.78. The van der Waals surface area contributed by atoms with E-state index in [0.29, 0.717) is 17.9 Å². The fraction of sp³-hybridized carbons (Fsp3) is 0.769. The lowest BCUT2D eigenvalue weighted by atomic mass is 9.75. The van der Waals surface area contributed by atoms with Crippen molar-refractivity contribution in [2.75, 3.05) is 0 Å². The molecular weight excluding hydrogens is 404 g/mol. The first-order chi connectivity index (χ1) is 14.9. The third kappa shape index (κ3) is 7.68. The second-order valence-electron chi connectivity index (χ2n) is 9.84. The molecule has 2 aliphatic carbocycles. The van der Waals surface area contributed by atoms with E-state index in [9.17, 15) is 17.6 Å². The van der Waals surface area contributed by atoms with Crippen LogP contribution in [0, 0.1) is 23.6 Å². The third-order valence-corrected chi connectivity index (χ3v) is 7.51. The van der Waals surface area contributed by atoms with E-state index in [-0.39, 0.29) is 0 Å². The molecule has 1 unspecified atom stereocenters. The molecule has 1 aromatic rings. The van der Waals surface area contributed by atoms with Crippen molar-refractivity contribution in [1.29, 1.82) is 0 Å². The van der Waals surface area contributed by atoms with Crippen LogP contribution in [-0.2, 0) is 12.8 Å². The smallest absolute Gasteiger partial charge is 0.403 e. The summed E-state index contributed by atoms with van der Waals surface area (Å²) >= 11 is 0. The summed E-state index contributed by atoms with van der Waals surface area (Å²) in [6, 6.07) is 2.75. The average molecular weight is 443 g/mol. The van der Waals surface area contributed by atoms with Gasteiger partial charge in [-0.15, -0.1) is 13.2 Å². The van der Waals surface area contributed by atoms with Crippen LogP contribution in [-0.4, -0.2) is 6.36 Å². The van der Waals surface area contributed by atoms with Crippen molar-refractivity contribution in [3.05, 3.63) is 29.1 Å². The van der Waals surface area contributed by atoms with Crippen molar-refractivity contribution in [3.8, 4) is 5.75 Å². The van der Waals surface area contributed by atoms with Crippen LogP contribution in [0.5, 0.6) is 5.75 Å². The zero-order valence-corrected chi connectivity index (χ0v) is 18.9. The third-order valence-electron chi connectivity index (χ3n) is 7.51. The highest BCUT2D eigenvalue weighted by molar-refractivity contribution is 5.39. The zero-order chi connectivity index (χ0) is 22.3. The highest BCUT2D eigenvalue weighted by Crippen LogP contribution is 2.38. The minimum absolute atomic E-state index is 0.414. The lowest BCUT2D eigenvalue weighted by Crippen LogP contribution is -2.21. The van der Waals surface area contributed by atoms with Gasteiger partial charge in [0.1, 0.15) is 0 Å². The van der Waals surface area contributed by atoms with E-state index in [2.05, 4.69) is 11.7 Å². The number of alkyl halides is 3. The molecule has 0 amide bonds. The predicted molar refractivity (Wildman–Crippen MR) is 117 cm³/mol. The molecule has 1 saturated carbocycles. The summed E-state index contributed by atoms with van der Waals surface area (Å²) in [6.07, 6.45) is 13.3. The first kappa shape index (κ1) is 24.4. The van der Waals surface area contributed by atoms with Gasteiger partial charge in [0.15, 0.2) is 11.6 Å². The van der Waals surface area contributed by atoms with Crippen molar-refractivity contribution >= 4 is 0 Å². The Bertz CT molecular complexity index is 677.